The summed E-state index contributed by atoms with van der Waals surface area (Å²) in [7, 11) is 0. The van der Waals surface area contributed by atoms with Gasteiger partial charge in [0, 0.05) is 5.56 Å². The van der Waals surface area contributed by atoms with E-state index in [0.717, 1.165) is 4.90 Å². The number of fused-ring (bicyclic) bond motifs is 1. The summed E-state index contributed by atoms with van der Waals surface area (Å²) in [6.07, 6.45) is 1.51. The molecular formula is C15H11NO4. The Balaban J connectivity index is 1.86. The van der Waals surface area contributed by atoms with Crippen LogP contribution in [0.3, 0.4) is 0 Å². The zero-order valence-corrected chi connectivity index (χ0v) is 10.5. The number of imide groups is 1. The predicted molar refractivity (Wildman–Crippen MR) is 69.2 cm³/mol. The largest absolute Gasteiger partial charge is 0.461 e. The highest BCUT2D eigenvalue weighted by molar-refractivity contribution is 6.12. The molecule has 0 saturated carbocycles. The topological polar surface area (TPSA) is 67.6 Å². The number of furan rings is 1. The van der Waals surface area contributed by atoms with Crippen molar-refractivity contribution < 1.29 is 18.8 Å². The van der Waals surface area contributed by atoms with Crippen LogP contribution in [0.1, 0.15) is 26.5 Å². The highest BCUT2D eigenvalue weighted by atomic mass is 16.3. The molecular weight excluding hydrogens is 258 g/mol. The number of nitrogens with zero attached hydrogens (tertiary/aromatic N) is 1. The van der Waals surface area contributed by atoms with Gasteiger partial charge in [0.1, 0.15) is 0 Å². The first-order chi connectivity index (χ1) is 9.66. The number of ketones is 1. The number of benzene rings is 1. The molecule has 0 fully saturated rings. The van der Waals surface area contributed by atoms with Crippen LogP contribution >= 0.6 is 0 Å². The Morgan fingerprint density at radius 3 is 2.70 bits per heavy atom. The molecule has 0 radical (unpaired) electrons. The van der Waals surface area contributed by atoms with E-state index in [1.165, 1.54) is 12.3 Å². The van der Waals surface area contributed by atoms with Gasteiger partial charge in [-0.15, -0.1) is 0 Å². The quantitative estimate of drug-likeness (QED) is 0.628. The second kappa shape index (κ2) is 4.77. The minimum atomic E-state index is -0.434. The lowest BCUT2D eigenvalue weighted by atomic mass is 9.98. The van der Waals surface area contributed by atoms with Gasteiger partial charge in [-0.25, -0.2) is 0 Å². The van der Waals surface area contributed by atoms with Crippen molar-refractivity contribution in [3.05, 3.63) is 59.5 Å². The van der Waals surface area contributed by atoms with E-state index >= 15 is 0 Å². The van der Waals surface area contributed by atoms with Gasteiger partial charge in [-0.1, -0.05) is 18.2 Å². The third kappa shape index (κ3) is 2.03. The highest BCUT2D eigenvalue weighted by Crippen LogP contribution is 2.20. The lowest BCUT2D eigenvalue weighted by Crippen LogP contribution is -2.45. The molecule has 0 atom stereocenters. The monoisotopic (exact) mass is 269 g/mol. The Morgan fingerprint density at radius 2 is 1.95 bits per heavy atom. The van der Waals surface area contributed by atoms with Crippen molar-refractivity contribution in [1.82, 2.24) is 4.90 Å². The van der Waals surface area contributed by atoms with Crippen molar-refractivity contribution in [2.75, 3.05) is 6.54 Å². The number of amides is 2. The van der Waals surface area contributed by atoms with Gasteiger partial charge < -0.3 is 4.42 Å². The Kier molecular flexibility index (Phi) is 2.95. The molecule has 0 bridgehead atoms. The SMILES string of the molecule is O=C(CN1C(=O)Cc2ccccc2C1=O)c1ccco1. The highest BCUT2D eigenvalue weighted by Gasteiger charge is 2.32. The van der Waals surface area contributed by atoms with Gasteiger partial charge >= 0.3 is 0 Å². The van der Waals surface area contributed by atoms with Gasteiger partial charge in [0.25, 0.3) is 5.91 Å². The average molecular weight is 269 g/mol. The summed E-state index contributed by atoms with van der Waals surface area (Å²) in [5, 5.41) is 0. The molecule has 2 aromatic rings. The van der Waals surface area contributed by atoms with Crippen LogP contribution in [0.4, 0.5) is 0 Å². The molecule has 1 aliphatic heterocycles. The number of hydrogen-bond donors (Lipinski definition) is 0. The van der Waals surface area contributed by atoms with Gasteiger partial charge in [0.2, 0.25) is 11.7 Å². The summed E-state index contributed by atoms with van der Waals surface area (Å²) in [6, 6.07) is 10.0. The van der Waals surface area contributed by atoms with E-state index in [2.05, 4.69) is 0 Å². The molecule has 0 spiro atoms. The lowest BCUT2D eigenvalue weighted by Gasteiger charge is -2.25. The van der Waals surface area contributed by atoms with Crippen LogP contribution in [0, 0.1) is 0 Å². The average Bonchev–Trinajstić information content (AvgIpc) is 2.97. The van der Waals surface area contributed by atoms with Gasteiger partial charge in [0.15, 0.2) is 5.76 Å². The number of carbonyl (C=O) groups excluding carboxylic acids is 3. The molecule has 0 saturated heterocycles. The van der Waals surface area contributed by atoms with Crippen LogP contribution in [0.15, 0.2) is 47.1 Å². The van der Waals surface area contributed by atoms with Crippen LogP contribution in [0.5, 0.6) is 0 Å². The minimum absolute atomic E-state index is 0.132. The fourth-order valence-electron chi connectivity index (χ4n) is 2.22. The summed E-state index contributed by atoms with van der Waals surface area (Å²) >= 11 is 0. The van der Waals surface area contributed by atoms with Crippen LogP contribution in [-0.2, 0) is 11.2 Å². The molecule has 0 aliphatic carbocycles. The molecule has 0 unspecified atom stereocenters. The first-order valence-electron chi connectivity index (χ1n) is 6.16. The number of carbonyl (C=O) groups is 3. The maximum atomic E-state index is 12.3. The zero-order valence-electron chi connectivity index (χ0n) is 10.5. The Bertz CT molecular complexity index is 688. The lowest BCUT2D eigenvalue weighted by molar-refractivity contribution is -0.128. The fourth-order valence-corrected chi connectivity index (χ4v) is 2.22. The maximum Gasteiger partial charge on any atom is 0.261 e. The van der Waals surface area contributed by atoms with Crippen LogP contribution < -0.4 is 0 Å². The first kappa shape index (κ1) is 12.3. The molecule has 1 aromatic carbocycles. The molecule has 3 rings (SSSR count). The second-order valence-electron chi connectivity index (χ2n) is 4.52. The molecule has 0 N–H and O–H groups in total. The van der Waals surface area contributed by atoms with Crippen molar-refractivity contribution in [2.45, 2.75) is 6.42 Å². The van der Waals surface area contributed by atoms with Crippen molar-refractivity contribution in [3.63, 3.8) is 0 Å². The van der Waals surface area contributed by atoms with E-state index in [0.29, 0.717) is 11.1 Å². The minimum Gasteiger partial charge on any atom is -0.461 e. The predicted octanol–water partition coefficient (Wildman–Crippen LogP) is 1.69. The van der Waals surface area contributed by atoms with Gasteiger partial charge in [-0.3, -0.25) is 19.3 Å². The third-order valence-electron chi connectivity index (χ3n) is 3.23. The smallest absolute Gasteiger partial charge is 0.261 e. The van der Waals surface area contributed by atoms with E-state index in [-0.39, 0.29) is 24.6 Å². The third-order valence-corrected chi connectivity index (χ3v) is 3.23. The Hall–Kier alpha value is -2.69. The fraction of sp³-hybridized carbons (Fsp3) is 0.133. The first-order valence-corrected chi connectivity index (χ1v) is 6.16. The number of rotatable bonds is 3. The summed E-state index contributed by atoms with van der Waals surface area (Å²) in [5.74, 6) is -1.05. The normalized spacial score (nSPS) is 14.3. The summed E-state index contributed by atoms with van der Waals surface area (Å²) in [4.78, 5) is 37.2. The van der Waals surface area contributed by atoms with E-state index < -0.39 is 11.7 Å². The number of Topliss-reactive ketones (excluding diaryl/α,β-unsaturated/α-hetero) is 1. The molecule has 2 amide bonds. The van der Waals surface area contributed by atoms with E-state index in [4.69, 9.17) is 4.42 Å². The van der Waals surface area contributed by atoms with E-state index in [1.54, 1.807) is 30.3 Å². The van der Waals surface area contributed by atoms with Gasteiger partial charge in [-0.05, 0) is 23.8 Å². The van der Waals surface area contributed by atoms with Gasteiger partial charge in [-0.2, -0.15) is 0 Å². The summed E-state index contributed by atoms with van der Waals surface area (Å²) in [6.45, 7) is -0.292. The van der Waals surface area contributed by atoms with E-state index in [1.807, 2.05) is 0 Å². The maximum absolute atomic E-state index is 12.3. The molecule has 2 heterocycles. The van der Waals surface area contributed by atoms with Crippen LogP contribution in [0.25, 0.3) is 0 Å². The van der Waals surface area contributed by atoms with Crippen LogP contribution in [0.2, 0.25) is 0 Å². The Morgan fingerprint density at radius 1 is 1.15 bits per heavy atom. The molecule has 5 heteroatoms. The summed E-state index contributed by atoms with van der Waals surface area (Å²) < 4.78 is 4.98. The molecule has 20 heavy (non-hydrogen) atoms. The Labute approximate surface area is 114 Å². The molecule has 100 valence electrons. The van der Waals surface area contributed by atoms with Crippen molar-refractivity contribution >= 4 is 17.6 Å². The van der Waals surface area contributed by atoms with Gasteiger partial charge in [0.05, 0.1) is 19.2 Å². The summed E-state index contributed by atoms with van der Waals surface area (Å²) in [5.41, 5.74) is 1.17. The standard InChI is InChI=1S/C15H11NO4/c17-12(13-6-3-7-20-13)9-16-14(18)8-10-4-1-2-5-11(10)15(16)19/h1-7H,8-9H2. The zero-order chi connectivity index (χ0) is 14.1. The van der Waals surface area contributed by atoms with E-state index in [9.17, 15) is 14.4 Å². The van der Waals surface area contributed by atoms with Crippen LogP contribution in [-0.4, -0.2) is 29.0 Å². The second-order valence-corrected chi connectivity index (χ2v) is 4.52. The van der Waals surface area contributed by atoms with Crippen molar-refractivity contribution in [2.24, 2.45) is 0 Å². The van der Waals surface area contributed by atoms with Crippen molar-refractivity contribution in [1.29, 1.82) is 0 Å². The molecule has 1 aromatic heterocycles. The van der Waals surface area contributed by atoms with Crippen molar-refractivity contribution in [3.8, 4) is 0 Å². The molecule has 1 aliphatic rings. The molecule has 5 nitrogen and oxygen atoms in total. The number of hydrogen-bond acceptors (Lipinski definition) is 4.